The fourth-order valence-electron chi connectivity index (χ4n) is 2.53. The zero-order valence-corrected chi connectivity index (χ0v) is 16.9. The van der Waals surface area contributed by atoms with Crippen LogP contribution in [-0.4, -0.2) is 11.1 Å². The summed E-state index contributed by atoms with van der Waals surface area (Å²) in [4.78, 5) is 11.1. The molecule has 0 bridgehead atoms. The molecule has 2 N–H and O–H groups in total. The number of hydrogen-bond donors (Lipinski definition) is 2. The third kappa shape index (κ3) is 5.32. The molecule has 0 saturated carbocycles. The van der Waals surface area contributed by atoms with E-state index in [2.05, 4.69) is 5.32 Å². The van der Waals surface area contributed by atoms with E-state index >= 15 is 0 Å². The van der Waals surface area contributed by atoms with Gasteiger partial charge in [-0.2, -0.15) is 0 Å². The van der Waals surface area contributed by atoms with Gasteiger partial charge >= 0.3 is 5.97 Å². The Bertz CT molecular complexity index is 1010. The molecule has 0 aliphatic rings. The molecule has 28 heavy (non-hydrogen) atoms. The molecule has 0 heterocycles. The molecule has 0 amide bonds. The Hall–Kier alpha value is -2.40. The van der Waals surface area contributed by atoms with Crippen LogP contribution in [0.4, 0.5) is 5.69 Å². The number of rotatable bonds is 7. The van der Waals surface area contributed by atoms with Gasteiger partial charge in [0.15, 0.2) is 0 Å². The minimum atomic E-state index is -1.00. The molecule has 0 atom stereocenters. The molecule has 0 saturated heterocycles. The van der Waals surface area contributed by atoms with Crippen LogP contribution < -0.4 is 10.1 Å². The van der Waals surface area contributed by atoms with Crippen LogP contribution in [-0.2, 0) is 13.2 Å². The van der Waals surface area contributed by atoms with E-state index < -0.39 is 5.97 Å². The molecule has 7 heteroatoms. The first-order chi connectivity index (χ1) is 13.4. The molecule has 0 aliphatic carbocycles. The maximum atomic E-state index is 11.1. The van der Waals surface area contributed by atoms with Gasteiger partial charge in [0.05, 0.1) is 26.3 Å². The van der Waals surface area contributed by atoms with E-state index in [-0.39, 0.29) is 5.56 Å². The van der Waals surface area contributed by atoms with Crippen molar-refractivity contribution in [2.75, 3.05) is 5.32 Å². The smallest absolute Gasteiger partial charge is 0.335 e. The fourth-order valence-corrected chi connectivity index (χ4v) is 3.04. The topological polar surface area (TPSA) is 58.6 Å². The first-order valence-corrected chi connectivity index (χ1v) is 9.48. The van der Waals surface area contributed by atoms with Crippen LogP contribution in [0.15, 0.2) is 60.7 Å². The summed E-state index contributed by atoms with van der Waals surface area (Å²) in [6.07, 6.45) is 0. The van der Waals surface area contributed by atoms with Crippen LogP contribution >= 0.6 is 34.8 Å². The van der Waals surface area contributed by atoms with Crippen molar-refractivity contribution in [1.29, 1.82) is 0 Å². The Morgan fingerprint density at radius 1 is 0.893 bits per heavy atom. The van der Waals surface area contributed by atoms with E-state index in [1.165, 1.54) is 12.1 Å². The number of halogens is 3. The average molecular weight is 437 g/mol. The zero-order valence-electron chi connectivity index (χ0n) is 14.6. The summed E-state index contributed by atoms with van der Waals surface area (Å²) in [5.74, 6) is -0.298. The number of benzene rings is 3. The van der Waals surface area contributed by atoms with E-state index in [9.17, 15) is 4.79 Å². The molecule has 0 radical (unpaired) electrons. The third-order valence-corrected chi connectivity index (χ3v) is 5.05. The largest absolute Gasteiger partial charge is 0.489 e. The number of carbonyl (C=O) groups is 1. The minimum absolute atomic E-state index is 0.172. The number of nitrogens with one attached hydrogen (secondary N) is 1. The van der Waals surface area contributed by atoms with Gasteiger partial charge in [-0.15, -0.1) is 0 Å². The molecule has 0 spiro atoms. The predicted octanol–water partition coefficient (Wildman–Crippen LogP) is 6.54. The van der Waals surface area contributed by atoms with Gasteiger partial charge in [0.1, 0.15) is 12.4 Å². The van der Waals surface area contributed by atoms with E-state index in [1.807, 2.05) is 30.3 Å². The van der Waals surface area contributed by atoms with Crippen LogP contribution in [0.2, 0.25) is 15.1 Å². The van der Waals surface area contributed by atoms with Crippen molar-refractivity contribution in [2.45, 2.75) is 13.2 Å². The van der Waals surface area contributed by atoms with E-state index in [0.29, 0.717) is 39.7 Å². The summed E-state index contributed by atoms with van der Waals surface area (Å²) in [6, 6.07) is 17.5. The number of carboxylic acids is 1. The number of ether oxygens (including phenoxy) is 1. The predicted molar refractivity (Wildman–Crippen MR) is 113 cm³/mol. The SMILES string of the molecule is O=C(O)c1ccc(Cl)c(NCc2cccc(OCc3ccc(Cl)c(Cl)c3)c2)c1. The Balaban J connectivity index is 1.64. The van der Waals surface area contributed by atoms with Gasteiger partial charge in [-0.1, -0.05) is 53.0 Å². The number of carboxylic acid groups (broad SMARTS) is 1. The van der Waals surface area contributed by atoms with Crippen LogP contribution in [0.25, 0.3) is 0 Å². The minimum Gasteiger partial charge on any atom is -0.489 e. The maximum Gasteiger partial charge on any atom is 0.335 e. The Morgan fingerprint density at radius 2 is 1.68 bits per heavy atom. The summed E-state index contributed by atoms with van der Waals surface area (Å²) in [5, 5.41) is 13.7. The molecule has 3 aromatic carbocycles. The molecule has 0 aliphatic heterocycles. The number of aromatic carboxylic acids is 1. The van der Waals surface area contributed by atoms with Crippen molar-refractivity contribution in [3.8, 4) is 5.75 Å². The second-order valence-electron chi connectivity index (χ2n) is 6.04. The number of hydrogen-bond acceptors (Lipinski definition) is 3. The highest BCUT2D eigenvalue weighted by Gasteiger charge is 2.08. The quantitative estimate of drug-likeness (QED) is 0.442. The lowest BCUT2D eigenvalue weighted by Crippen LogP contribution is -2.03. The molecule has 4 nitrogen and oxygen atoms in total. The van der Waals surface area contributed by atoms with Crippen molar-refractivity contribution in [1.82, 2.24) is 0 Å². The van der Waals surface area contributed by atoms with Gasteiger partial charge in [-0.05, 0) is 53.6 Å². The molecule has 3 rings (SSSR count). The van der Waals surface area contributed by atoms with Crippen molar-refractivity contribution in [2.24, 2.45) is 0 Å². The summed E-state index contributed by atoms with van der Waals surface area (Å²) < 4.78 is 5.82. The number of anilines is 1. The van der Waals surface area contributed by atoms with E-state index in [4.69, 9.17) is 44.6 Å². The molecular formula is C21H16Cl3NO3. The van der Waals surface area contributed by atoms with Gasteiger partial charge < -0.3 is 15.2 Å². The van der Waals surface area contributed by atoms with Crippen molar-refractivity contribution < 1.29 is 14.6 Å². The van der Waals surface area contributed by atoms with Crippen LogP contribution in [0.5, 0.6) is 5.75 Å². The lowest BCUT2D eigenvalue weighted by atomic mass is 10.1. The summed E-state index contributed by atoms with van der Waals surface area (Å²) in [7, 11) is 0. The first kappa shape index (κ1) is 20.3. The highest BCUT2D eigenvalue weighted by Crippen LogP contribution is 2.25. The highest BCUT2D eigenvalue weighted by molar-refractivity contribution is 6.42. The van der Waals surface area contributed by atoms with Gasteiger partial charge in [0.25, 0.3) is 0 Å². The van der Waals surface area contributed by atoms with E-state index in [1.54, 1.807) is 18.2 Å². The fraction of sp³-hybridized carbons (Fsp3) is 0.0952. The third-order valence-electron chi connectivity index (χ3n) is 3.98. The second kappa shape index (κ2) is 9.20. The summed E-state index contributed by atoms with van der Waals surface area (Å²) >= 11 is 18.1. The average Bonchev–Trinajstić information content (AvgIpc) is 2.68. The Kier molecular flexibility index (Phi) is 6.68. The maximum absolute atomic E-state index is 11.1. The lowest BCUT2D eigenvalue weighted by molar-refractivity contribution is 0.0697. The van der Waals surface area contributed by atoms with Crippen LogP contribution in [0.1, 0.15) is 21.5 Å². The van der Waals surface area contributed by atoms with Gasteiger partial charge in [0.2, 0.25) is 0 Å². The van der Waals surface area contributed by atoms with Crippen LogP contribution in [0.3, 0.4) is 0 Å². The van der Waals surface area contributed by atoms with Gasteiger partial charge in [-0.25, -0.2) is 4.79 Å². The first-order valence-electron chi connectivity index (χ1n) is 8.35. The molecular weight excluding hydrogens is 421 g/mol. The van der Waals surface area contributed by atoms with Gasteiger partial charge in [0, 0.05) is 6.54 Å². The molecule has 0 unspecified atom stereocenters. The van der Waals surface area contributed by atoms with Crippen molar-refractivity contribution >= 4 is 46.5 Å². The molecule has 0 fully saturated rings. The Labute approximate surface area is 177 Å². The standard InChI is InChI=1S/C21H16Cl3NO3/c22-17-6-4-14(9-19(17)24)12-28-16-3-1-2-13(8-16)11-25-20-10-15(21(26)27)5-7-18(20)23/h1-10,25H,11-12H2,(H,26,27). The highest BCUT2D eigenvalue weighted by atomic mass is 35.5. The molecule has 0 aromatic heterocycles. The van der Waals surface area contributed by atoms with E-state index in [0.717, 1.165) is 11.1 Å². The summed E-state index contributed by atoms with van der Waals surface area (Å²) in [5.41, 5.74) is 2.60. The Morgan fingerprint density at radius 3 is 2.43 bits per heavy atom. The van der Waals surface area contributed by atoms with Crippen molar-refractivity contribution in [3.05, 3.63) is 92.4 Å². The van der Waals surface area contributed by atoms with Crippen molar-refractivity contribution in [3.63, 3.8) is 0 Å². The lowest BCUT2D eigenvalue weighted by Gasteiger charge is -2.11. The monoisotopic (exact) mass is 435 g/mol. The summed E-state index contributed by atoms with van der Waals surface area (Å²) in [6.45, 7) is 0.826. The zero-order chi connectivity index (χ0) is 20.1. The van der Waals surface area contributed by atoms with Gasteiger partial charge in [-0.3, -0.25) is 0 Å². The normalized spacial score (nSPS) is 10.5. The second-order valence-corrected chi connectivity index (χ2v) is 7.26. The molecule has 3 aromatic rings. The van der Waals surface area contributed by atoms with Crippen LogP contribution in [0, 0.1) is 0 Å². The molecule has 144 valence electrons.